The van der Waals surface area contributed by atoms with E-state index < -0.39 is 42.6 Å². The van der Waals surface area contributed by atoms with Crippen molar-refractivity contribution < 1.29 is 43.8 Å². The maximum absolute atomic E-state index is 12.8. The van der Waals surface area contributed by atoms with Gasteiger partial charge in [0.05, 0.1) is 43.2 Å². The Morgan fingerprint density at radius 1 is 1.05 bits per heavy atom. The Hall–Kier alpha value is -1.33. The highest BCUT2D eigenvalue weighted by Crippen LogP contribution is 2.68. The first-order chi connectivity index (χ1) is 20.3. The molecular weight excluding hydrogens is 552 g/mol. The van der Waals surface area contributed by atoms with Gasteiger partial charge in [-0.25, -0.2) is 0 Å². The molecular formula is C34H52O9. The maximum Gasteiger partial charge on any atom is 0.252 e. The summed E-state index contributed by atoms with van der Waals surface area (Å²) in [6.07, 6.45) is 6.94. The normalized spacial score (nSPS) is 50.6. The molecule has 0 aromatic rings. The molecule has 3 N–H and O–H groups in total. The number of carbonyl (C=O) groups is 1. The summed E-state index contributed by atoms with van der Waals surface area (Å²) in [6.45, 7) is 10.3. The molecule has 2 aliphatic heterocycles. The number of ketones is 1. The van der Waals surface area contributed by atoms with E-state index >= 15 is 0 Å². The third-order valence-electron chi connectivity index (χ3n) is 12.7. The number of rotatable bonds is 6. The summed E-state index contributed by atoms with van der Waals surface area (Å²) >= 11 is 0. The molecule has 0 bridgehead atoms. The number of fused-ring (bicyclic) bond motifs is 5. The van der Waals surface area contributed by atoms with Crippen LogP contribution < -0.4 is 0 Å². The molecule has 0 aromatic carbocycles. The third kappa shape index (κ3) is 5.15. The molecule has 9 nitrogen and oxygen atoms in total. The zero-order valence-corrected chi connectivity index (χ0v) is 26.7. The standard InChI is InChI=1S/C34H52O9/c1-18-15-27(39-6)30(37)31(40-18)43-22-9-12-32(4)21(16-22)7-8-23-24(32)10-13-33(5)25(23)11-14-34(33,38)20(3)42-28-17-26(35)29(36)19(2)41-28/h7,15,18-20,22-26,28-29,31,35-36,38H,8-14,16-17H2,1-6H3/t18-,19-,20-,22-,23+,24-,25-,26-,28+,29+,31-,32-,33-,34-/m0/s1. The van der Waals surface area contributed by atoms with Gasteiger partial charge in [-0.3, -0.25) is 4.79 Å². The van der Waals surface area contributed by atoms with Gasteiger partial charge in [-0.2, -0.15) is 0 Å². The number of methoxy groups -OCH3 is 1. The number of Topliss-reactive ketones (excluding diaryl/α,β-unsaturated/α-hetero) is 1. The van der Waals surface area contributed by atoms with E-state index in [1.54, 1.807) is 13.0 Å². The van der Waals surface area contributed by atoms with Gasteiger partial charge in [-0.15, -0.1) is 0 Å². The van der Waals surface area contributed by atoms with Crippen LogP contribution in [-0.4, -0.2) is 83.0 Å². The summed E-state index contributed by atoms with van der Waals surface area (Å²) in [5.41, 5.74) is 0.252. The van der Waals surface area contributed by atoms with Gasteiger partial charge in [0.15, 0.2) is 12.0 Å². The lowest BCUT2D eigenvalue weighted by molar-refractivity contribution is -0.288. The molecule has 4 aliphatic carbocycles. The number of carbonyl (C=O) groups excluding carboxylic acids is 1. The lowest BCUT2D eigenvalue weighted by Crippen LogP contribution is -2.59. The Bertz CT molecular complexity index is 1120. The van der Waals surface area contributed by atoms with Crippen LogP contribution in [0.15, 0.2) is 23.5 Å². The van der Waals surface area contributed by atoms with E-state index in [1.807, 2.05) is 13.8 Å². The Balaban J connectivity index is 1.14. The second-order valence-electron chi connectivity index (χ2n) is 14.8. The van der Waals surface area contributed by atoms with E-state index in [1.165, 1.54) is 12.7 Å². The van der Waals surface area contributed by atoms with Gasteiger partial charge in [0.25, 0.3) is 5.78 Å². The van der Waals surface area contributed by atoms with Gasteiger partial charge in [0.1, 0.15) is 6.10 Å². The van der Waals surface area contributed by atoms with Crippen molar-refractivity contribution >= 4 is 5.78 Å². The van der Waals surface area contributed by atoms with Crippen molar-refractivity contribution in [2.24, 2.45) is 28.6 Å². The minimum Gasteiger partial charge on any atom is -0.493 e. The predicted molar refractivity (Wildman–Crippen MR) is 157 cm³/mol. The molecule has 4 fully saturated rings. The lowest BCUT2D eigenvalue weighted by Gasteiger charge is -2.59. The first-order valence-electron chi connectivity index (χ1n) is 16.5. The molecule has 14 atom stereocenters. The minimum atomic E-state index is -0.994. The smallest absolute Gasteiger partial charge is 0.252 e. The Morgan fingerprint density at radius 2 is 1.79 bits per heavy atom. The molecule has 43 heavy (non-hydrogen) atoms. The quantitative estimate of drug-likeness (QED) is 0.383. The van der Waals surface area contributed by atoms with Crippen molar-refractivity contribution in [1.29, 1.82) is 0 Å². The average Bonchev–Trinajstić information content (AvgIpc) is 3.25. The molecule has 0 aromatic heterocycles. The zero-order valence-electron chi connectivity index (χ0n) is 26.7. The predicted octanol–water partition coefficient (Wildman–Crippen LogP) is 4.17. The van der Waals surface area contributed by atoms with Crippen molar-refractivity contribution in [3.05, 3.63) is 23.5 Å². The van der Waals surface area contributed by atoms with Crippen molar-refractivity contribution in [2.45, 2.75) is 147 Å². The van der Waals surface area contributed by atoms with Gasteiger partial charge in [0.2, 0.25) is 6.29 Å². The largest absolute Gasteiger partial charge is 0.493 e. The highest BCUT2D eigenvalue weighted by atomic mass is 16.7. The zero-order chi connectivity index (χ0) is 30.9. The van der Waals surface area contributed by atoms with Gasteiger partial charge < -0.3 is 39.0 Å². The molecule has 0 spiro atoms. The van der Waals surface area contributed by atoms with Crippen LogP contribution in [0.1, 0.15) is 92.4 Å². The number of aliphatic hydroxyl groups excluding tert-OH is 2. The van der Waals surface area contributed by atoms with Crippen LogP contribution in [0.2, 0.25) is 0 Å². The van der Waals surface area contributed by atoms with Crippen molar-refractivity contribution in [3.63, 3.8) is 0 Å². The Morgan fingerprint density at radius 3 is 2.51 bits per heavy atom. The summed E-state index contributed by atoms with van der Waals surface area (Å²) in [4.78, 5) is 12.8. The van der Waals surface area contributed by atoms with E-state index in [9.17, 15) is 20.1 Å². The van der Waals surface area contributed by atoms with Crippen LogP contribution in [0.4, 0.5) is 0 Å². The maximum atomic E-state index is 12.8. The van der Waals surface area contributed by atoms with Crippen LogP contribution >= 0.6 is 0 Å². The SMILES string of the molecule is COC1=C[C@H](C)O[C@@H](O[C@H]2CC[C@@]3(C)C(=CC[C@@H]4[C@@H]3CC[C@@]3(C)[C@H]4CC[C@]3(O)[C@H](C)O[C@@H]3C[C@H](O)[C@H](O)[C@H](C)O3)C2)C1=O. The molecule has 242 valence electrons. The van der Waals surface area contributed by atoms with E-state index in [4.69, 9.17) is 23.7 Å². The molecule has 9 heteroatoms. The summed E-state index contributed by atoms with van der Waals surface area (Å²) in [7, 11) is 1.51. The van der Waals surface area contributed by atoms with Crippen molar-refractivity contribution in [3.8, 4) is 0 Å². The van der Waals surface area contributed by atoms with Crippen LogP contribution in [0, 0.1) is 28.6 Å². The number of aliphatic hydroxyl groups is 3. The fourth-order valence-corrected chi connectivity index (χ4v) is 10.1. The second kappa shape index (κ2) is 11.5. The molecule has 2 heterocycles. The lowest BCUT2D eigenvalue weighted by atomic mass is 9.46. The van der Waals surface area contributed by atoms with Gasteiger partial charge in [-0.1, -0.05) is 25.5 Å². The number of ether oxygens (including phenoxy) is 5. The Kier molecular flexibility index (Phi) is 8.45. The molecule has 0 unspecified atom stereocenters. The first-order valence-corrected chi connectivity index (χ1v) is 16.5. The van der Waals surface area contributed by atoms with Crippen LogP contribution in [0.5, 0.6) is 0 Å². The topological polar surface area (TPSA) is 124 Å². The highest BCUT2D eigenvalue weighted by Gasteiger charge is 2.65. The molecule has 6 rings (SSSR count). The van der Waals surface area contributed by atoms with E-state index in [2.05, 4.69) is 19.9 Å². The number of allylic oxidation sites excluding steroid dienone is 1. The van der Waals surface area contributed by atoms with E-state index in [0.717, 1.165) is 44.9 Å². The minimum absolute atomic E-state index is 0.0685. The van der Waals surface area contributed by atoms with E-state index in [0.29, 0.717) is 29.9 Å². The Labute approximate surface area is 255 Å². The van der Waals surface area contributed by atoms with Crippen LogP contribution in [0.25, 0.3) is 0 Å². The van der Waals surface area contributed by atoms with Gasteiger partial charge in [-0.05, 0) is 101 Å². The number of hydrogen-bond acceptors (Lipinski definition) is 9. The molecule has 0 radical (unpaired) electrons. The van der Waals surface area contributed by atoms with Gasteiger partial charge >= 0.3 is 0 Å². The summed E-state index contributed by atoms with van der Waals surface area (Å²) in [5, 5.41) is 32.7. The van der Waals surface area contributed by atoms with Crippen LogP contribution in [-0.2, 0) is 28.5 Å². The highest BCUT2D eigenvalue weighted by molar-refractivity contribution is 5.96. The number of hydrogen-bond donors (Lipinski definition) is 3. The monoisotopic (exact) mass is 604 g/mol. The fourth-order valence-electron chi connectivity index (χ4n) is 10.1. The molecule has 0 amide bonds. The summed E-state index contributed by atoms with van der Waals surface area (Å²) in [5.74, 6) is 1.48. The second-order valence-corrected chi connectivity index (χ2v) is 14.8. The van der Waals surface area contributed by atoms with E-state index in [-0.39, 0.29) is 35.2 Å². The third-order valence-corrected chi connectivity index (χ3v) is 12.7. The molecule has 6 aliphatic rings. The average molecular weight is 605 g/mol. The fraction of sp³-hybridized carbons (Fsp3) is 0.853. The van der Waals surface area contributed by atoms with Crippen LogP contribution in [0.3, 0.4) is 0 Å². The van der Waals surface area contributed by atoms with Gasteiger partial charge in [0, 0.05) is 11.8 Å². The summed E-state index contributed by atoms with van der Waals surface area (Å²) in [6, 6.07) is 0. The molecule has 3 saturated carbocycles. The van der Waals surface area contributed by atoms with Crippen molar-refractivity contribution in [1.82, 2.24) is 0 Å². The first kappa shape index (κ1) is 31.6. The molecule has 1 saturated heterocycles. The summed E-state index contributed by atoms with van der Waals surface area (Å²) < 4.78 is 29.5. The van der Waals surface area contributed by atoms with Crippen molar-refractivity contribution in [2.75, 3.05) is 7.11 Å².